The molecule has 1 aromatic heterocycles. The molecule has 1 heterocycles. The van der Waals surface area contributed by atoms with E-state index in [0.29, 0.717) is 22.9 Å². The fourth-order valence-electron chi connectivity index (χ4n) is 3.55. The minimum absolute atomic E-state index is 0.111. The molecule has 0 fully saturated rings. The van der Waals surface area contributed by atoms with Crippen LogP contribution >= 0.6 is 0 Å². The second kappa shape index (κ2) is 12.5. The number of hydrogen-bond acceptors (Lipinski definition) is 5. The van der Waals surface area contributed by atoms with Crippen molar-refractivity contribution in [2.24, 2.45) is 5.73 Å². The third kappa shape index (κ3) is 8.70. The van der Waals surface area contributed by atoms with E-state index in [1.54, 1.807) is 24.3 Å². The van der Waals surface area contributed by atoms with Crippen molar-refractivity contribution in [2.45, 2.75) is 52.4 Å². The summed E-state index contributed by atoms with van der Waals surface area (Å²) < 4.78 is 11.3. The van der Waals surface area contributed by atoms with Crippen LogP contribution in [0.4, 0.5) is 0 Å². The van der Waals surface area contributed by atoms with Crippen molar-refractivity contribution in [1.82, 2.24) is 4.98 Å². The van der Waals surface area contributed by atoms with Gasteiger partial charge in [0.2, 0.25) is 11.8 Å². The number of aromatic nitrogens is 1. The van der Waals surface area contributed by atoms with Crippen molar-refractivity contribution >= 4 is 11.9 Å². The number of primary amides is 1. The third-order valence-corrected chi connectivity index (χ3v) is 6.02. The zero-order chi connectivity index (χ0) is 29.5. The number of carboxylic acids is 1. The van der Waals surface area contributed by atoms with Gasteiger partial charge in [0, 0.05) is 12.3 Å². The van der Waals surface area contributed by atoms with Crippen molar-refractivity contribution in [1.29, 1.82) is 0 Å². The summed E-state index contributed by atoms with van der Waals surface area (Å²) in [6.07, 6.45) is 1.40. The van der Waals surface area contributed by atoms with Crippen molar-refractivity contribution in [2.75, 3.05) is 0 Å². The Morgan fingerprint density at radius 1 is 0.625 bits per heavy atom. The van der Waals surface area contributed by atoms with Gasteiger partial charge in [-0.05, 0) is 76.6 Å². The molecule has 0 saturated carbocycles. The highest BCUT2D eigenvalue weighted by atomic mass is 16.5. The minimum atomic E-state index is -0.939. The van der Waals surface area contributed by atoms with E-state index in [4.69, 9.17) is 20.3 Å². The highest BCUT2D eigenvalue weighted by Crippen LogP contribution is 2.28. The molecule has 0 spiro atoms. The maximum absolute atomic E-state index is 10.9. The van der Waals surface area contributed by atoms with Gasteiger partial charge in [-0.3, -0.25) is 4.79 Å². The molecular weight excluding hydrogens is 504 g/mol. The van der Waals surface area contributed by atoms with Gasteiger partial charge in [0.05, 0.1) is 11.1 Å². The van der Waals surface area contributed by atoms with Gasteiger partial charge < -0.3 is 20.3 Å². The Hall–Kier alpha value is -4.65. The SMILES string of the molecule is CC(C)(C)c1ccc(Oc2ccc(C(=O)O)cc2)cc1.CC(C)(C)c1ccc(Oc2ccc(C(N)=O)cn2)cc1. The number of amides is 1. The van der Waals surface area contributed by atoms with Crippen molar-refractivity contribution < 1.29 is 24.2 Å². The Bertz CT molecular complexity index is 1300. The molecule has 0 saturated heterocycles. The van der Waals surface area contributed by atoms with E-state index in [1.165, 1.54) is 29.5 Å². The molecule has 4 aromatic rings. The molecule has 0 unspecified atom stereocenters. The van der Waals surface area contributed by atoms with Crippen molar-refractivity contribution in [3.8, 4) is 23.1 Å². The molecule has 0 bridgehead atoms. The zero-order valence-electron chi connectivity index (χ0n) is 23.8. The summed E-state index contributed by atoms with van der Waals surface area (Å²) in [5.41, 5.74) is 8.47. The molecule has 3 N–H and O–H groups in total. The number of carbonyl (C=O) groups excluding carboxylic acids is 1. The summed E-state index contributed by atoms with van der Waals surface area (Å²) in [6, 6.07) is 25.4. The van der Waals surface area contributed by atoms with Gasteiger partial charge in [-0.1, -0.05) is 65.8 Å². The van der Waals surface area contributed by atoms with E-state index in [9.17, 15) is 9.59 Å². The highest BCUT2D eigenvalue weighted by molar-refractivity contribution is 5.92. The summed E-state index contributed by atoms with van der Waals surface area (Å²) in [4.78, 5) is 25.7. The smallest absolute Gasteiger partial charge is 0.335 e. The molecule has 7 nitrogen and oxygen atoms in total. The van der Waals surface area contributed by atoms with E-state index in [1.807, 2.05) is 48.5 Å². The van der Waals surface area contributed by atoms with Crippen LogP contribution in [-0.4, -0.2) is 22.0 Å². The molecule has 0 aliphatic heterocycles. The lowest BCUT2D eigenvalue weighted by molar-refractivity contribution is 0.0696. The van der Waals surface area contributed by atoms with Crippen molar-refractivity contribution in [3.63, 3.8) is 0 Å². The number of nitrogens with two attached hydrogens (primary N) is 1. The number of hydrogen-bond donors (Lipinski definition) is 2. The number of ether oxygens (including phenoxy) is 2. The summed E-state index contributed by atoms with van der Waals surface area (Å²) in [7, 11) is 0. The van der Waals surface area contributed by atoms with E-state index in [2.05, 4.69) is 46.5 Å². The summed E-state index contributed by atoms with van der Waals surface area (Å²) >= 11 is 0. The number of pyridine rings is 1. The average molecular weight is 541 g/mol. The zero-order valence-corrected chi connectivity index (χ0v) is 23.8. The second-order valence-corrected chi connectivity index (χ2v) is 11.3. The van der Waals surface area contributed by atoms with Crippen LogP contribution in [0.15, 0.2) is 91.1 Å². The monoisotopic (exact) mass is 540 g/mol. The van der Waals surface area contributed by atoms with Gasteiger partial charge in [-0.2, -0.15) is 0 Å². The number of benzene rings is 3. The summed E-state index contributed by atoms with van der Waals surface area (Å²) in [5, 5.41) is 8.83. The lowest BCUT2D eigenvalue weighted by Crippen LogP contribution is -2.11. The maximum Gasteiger partial charge on any atom is 0.335 e. The van der Waals surface area contributed by atoms with E-state index >= 15 is 0 Å². The van der Waals surface area contributed by atoms with Gasteiger partial charge in [0.15, 0.2) is 0 Å². The van der Waals surface area contributed by atoms with Gasteiger partial charge in [0.25, 0.3) is 0 Å². The quantitative estimate of drug-likeness (QED) is 0.259. The topological polar surface area (TPSA) is 112 Å². The molecule has 1 amide bonds. The van der Waals surface area contributed by atoms with Crippen molar-refractivity contribution in [3.05, 3.63) is 113 Å². The summed E-state index contributed by atoms with van der Waals surface area (Å²) in [5.74, 6) is 1.06. The fraction of sp³-hybridized carbons (Fsp3) is 0.242. The van der Waals surface area contributed by atoms with E-state index in [-0.39, 0.29) is 16.4 Å². The lowest BCUT2D eigenvalue weighted by atomic mass is 9.87. The van der Waals surface area contributed by atoms with Crippen LogP contribution in [0.25, 0.3) is 0 Å². The first-order chi connectivity index (χ1) is 18.7. The van der Waals surface area contributed by atoms with E-state index in [0.717, 1.165) is 5.75 Å². The molecule has 0 aliphatic rings. The van der Waals surface area contributed by atoms with E-state index < -0.39 is 11.9 Å². The van der Waals surface area contributed by atoms with Crippen LogP contribution in [0, 0.1) is 0 Å². The number of carbonyl (C=O) groups is 2. The molecule has 208 valence electrons. The second-order valence-electron chi connectivity index (χ2n) is 11.3. The molecular formula is C33H36N2O5. The molecule has 40 heavy (non-hydrogen) atoms. The summed E-state index contributed by atoms with van der Waals surface area (Å²) in [6.45, 7) is 13.0. The predicted molar refractivity (Wildman–Crippen MR) is 157 cm³/mol. The first-order valence-corrected chi connectivity index (χ1v) is 12.9. The minimum Gasteiger partial charge on any atom is -0.478 e. The first kappa shape index (κ1) is 29.9. The van der Waals surface area contributed by atoms with Crippen LogP contribution in [0.5, 0.6) is 23.1 Å². The highest BCUT2D eigenvalue weighted by Gasteiger charge is 2.14. The number of carboxylic acid groups (broad SMARTS) is 1. The Kier molecular flexibility index (Phi) is 9.32. The maximum atomic E-state index is 10.9. The number of aromatic carboxylic acids is 1. The Morgan fingerprint density at radius 2 is 1.02 bits per heavy atom. The Morgan fingerprint density at radius 3 is 1.38 bits per heavy atom. The molecule has 4 rings (SSSR count). The Labute approximate surface area is 235 Å². The average Bonchev–Trinajstić information content (AvgIpc) is 2.89. The lowest BCUT2D eigenvalue weighted by Gasteiger charge is -2.19. The van der Waals surface area contributed by atoms with Gasteiger partial charge in [-0.25, -0.2) is 9.78 Å². The van der Waals surface area contributed by atoms with Gasteiger partial charge in [-0.15, -0.1) is 0 Å². The van der Waals surface area contributed by atoms with Crippen LogP contribution in [0.2, 0.25) is 0 Å². The standard InChI is InChI=1S/C17H18O3.C16H18N2O2/c1-17(2,3)13-6-10-15(11-7-13)20-14-8-4-12(5-9-14)16(18)19;1-16(2,3)12-5-7-13(8-6-12)20-14-9-4-11(10-18-14)15(17)19/h4-11H,1-3H3,(H,18,19);4-10H,1-3H3,(H2,17,19). The molecule has 3 aromatic carbocycles. The van der Waals surface area contributed by atoms with Gasteiger partial charge in [0.1, 0.15) is 17.2 Å². The van der Waals surface area contributed by atoms with Crippen LogP contribution in [0.1, 0.15) is 73.4 Å². The van der Waals surface area contributed by atoms with Crippen LogP contribution < -0.4 is 15.2 Å². The molecule has 0 aliphatic carbocycles. The molecule has 0 radical (unpaired) electrons. The molecule has 7 heteroatoms. The largest absolute Gasteiger partial charge is 0.478 e. The Balaban J connectivity index is 0.000000220. The fourth-order valence-corrected chi connectivity index (χ4v) is 3.55. The first-order valence-electron chi connectivity index (χ1n) is 12.9. The number of nitrogens with zero attached hydrogens (tertiary/aromatic N) is 1. The van der Waals surface area contributed by atoms with Gasteiger partial charge >= 0.3 is 5.97 Å². The normalized spacial score (nSPS) is 11.2. The predicted octanol–water partition coefficient (Wildman–Crippen LogP) is 7.74. The number of rotatable bonds is 6. The van der Waals surface area contributed by atoms with Crippen LogP contribution in [0.3, 0.4) is 0 Å². The van der Waals surface area contributed by atoms with Crippen LogP contribution in [-0.2, 0) is 10.8 Å². The third-order valence-electron chi connectivity index (χ3n) is 6.02. The molecule has 0 atom stereocenters.